The molecule has 1 heterocycles. The number of rotatable bonds is 5. The Morgan fingerprint density at radius 2 is 2.20 bits per heavy atom. The molecule has 0 spiro atoms. The van der Waals surface area contributed by atoms with E-state index in [0.717, 1.165) is 11.9 Å². The summed E-state index contributed by atoms with van der Waals surface area (Å²) in [6.45, 7) is 7.67. The molecule has 0 amide bonds. The van der Waals surface area contributed by atoms with Gasteiger partial charge in [-0.05, 0) is 38.8 Å². The maximum atomic E-state index is 4.13. The molecule has 0 aliphatic rings. The lowest BCUT2D eigenvalue weighted by atomic mass is 10.2. The first-order valence-electron chi connectivity index (χ1n) is 5.40. The molecule has 1 rings (SSSR count). The van der Waals surface area contributed by atoms with Gasteiger partial charge in [0.1, 0.15) is 0 Å². The first kappa shape index (κ1) is 12.5. The fraction of sp³-hybridized carbons (Fsp3) is 0.583. The van der Waals surface area contributed by atoms with Gasteiger partial charge in [0.2, 0.25) is 0 Å². The van der Waals surface area contributed by atoms with E-state index in [1.807, 2.05) is 12.4 Å². The van der Waals surface area contributed by atoms with Gasteiger partial charge in [0.25, 0.3) is 0 Å². The highest BCUT2D eigenvalue weighted by molar-refractivity contribution is 9.09. The molecule has 0 bridgehead atoms. The van der Waals surface area contributed by atoms with Crippen LogP contribution in [0.15, 0.2) is 18.5 Å². The van der Waals surface area contributed by atoms with Crippen LogP contribution in [0.5, 0.6) is 0 Å². The summed E-state index contributed by atoms with van der Waals surface area (Å²) >= 11 is 3.48. The van der Waals surface area contributed by atoms with E-state index >= 15 is 0 Å². The lowest BCUT2D eigenvalue weighted by molar-refractivity contribution is 0.672. The molecule has 84 valence electrons. The third-order valence-electron chi connectivity index (χ3n) is 2.46. The van der Waals surface area contributed by atoms with Crippen molar-refractivity contribution in [1.82, 2.24) is 4.98 Å². The summed E-state index contributed by atoms with van der Waals surface area (Å²) in [6.07, 6.45) is 4.96. The zero-order chi connectivity index (χ0) is 11.3. The molecule has 0 aliphatic carbocycles. The molecule has 15 heavy (non-hydrogen) atoms. The third-order valence-corrected chi connectivity index (χ3v) is 3.02. The molecule has 0 unspecified atom stereocenters. The molecular weight excluding hydrogens is 252 g/mol. The quantitative estimate of drug-likeness (QED) is 0.763. The second kappa shape index (κ2) is 6.11. The van der Waals surface area contributed by atoms with Crippen molar-refractivity contribution in [1.29, 1.82) is 0 Å². The van der Waals surface area contributed by atoms with E-state index in [-0.39, 0.29) is 0 Å². The molecule has 3 heteroatoms. The van der Waals surface area contributed by atoms with Crippen LogP contribution in [0.1, 0.15) is 25.8 Å². The number of nitrogens with zero attached hydrogens (tertiary/aromatic N) is 2. The van der Waals surface area contributed by atoms with Crippen molar-refractivity contribution in [2.45, 2.75) is 33.2 Å². The number of hydrogen-bond donors (Lipinski definition) is 0. The molecule has 0 saturated heterocycles. The van der Waals surface area contributed by atoms with Crippen molar-refractivity contribution in [2.24, 2.45) is 0 Å². The van der Waals surface area contributed by atoms with Gasteiger partial charge in [-0.1, -0.05) is 15.9 Å². The predicted molar refractivity (Wildman–Crippen MR) is 69.9 cm³/mol. The van der Waals surface area contributed by atoms with Crippen molar-refractivity contribution in [3.05, 3.63) is 24.0 Å². The normalized spacial score (nSPS) is 10.7. The summed E-state index contributed by atoms with van der Waals surface area (Å²) < 4.78 is 0. The van der Waals surface area contributed by atoms with Gasteiger partial charge in [-0.25, -0.2) is 0 Å². The number of halogens is 1. The van der Waals surface area contributed by atoms with Crippen molar-refractivity contribution < 1.29 is 0 Å². The second-order valence-corrected chi connectivity index (χ2v) is 4.78. The number of alkyl halides is 1. The Bertz CT molecular complexity index is 299. The zero-order valence-electron chi connectivity index (χ0n) is 9.70. The third kappa shape index (κ3) is 3.49. The maximum absolute atomic E-state index is 4.13. The summed E-state index contributed by atoms with van der Waals surface area (Å²) in [5.41, 5.74) is 2.56. The Hall–Kier alpha value is -0.570. The minimum absolute atomic E-state index is 0.533. The first-order chi connectivity index (χ1) is 7.16. The SMILES string of the molecule is Cc1cnccc1N(CCCBr)C(C)C. The summed E-state index contributed by atoms with van der Waals surface area (Å²) in [6, 6.07) is 2.63. The van der Waals surface area contributed by atoms with Crippen LogP contribution in [0.25, 0.3) is 0 Å². The molecule has 0 aliphatic heterocycles. The van der Waals surface area contributed by atoms with Gasteiger partial charge < -0.3 is 4.90 Å². The lowest BCUT2D eigenvalue weighted by Crippen LogP contribution is -2.32. The molecule has 2 nitrogen and oxygen atoms in total. The largest absolute Gasteiger partial charge is 0.369 e. The second-order valence-electron chi connectivity index (χ2n) is 3.99. The van der Waals surface area contributed by atoms with Crippen LogP contribution in [0.3, 0.4) is 0 Å². The highest BCUT2D eigenvalue weighted by Crippen LogP contribution is 2.20. The van der Waals surface area contributed by atoms with E-state index in [1.54, 1.807) is 0 Å². The molecule has 0 atom stereocenters. The number of pyridine rings is 1. The highest BCUT2D eigenvalue weighted by Gasteiger charge is 2.11. The number of aromatic nitrogens is 1. The van der Waals surface area contributed by atoms with Gasteiger partial charge in [0.15, 0.2) is 0 Å². The molecule has 0 radical (unpaired) electrons. The molecule has 0 N–H and O–H groups in total. The average molecular weight is 271 g/mol. The number of aryl methyl sites for hydroxylation is 1. The number of anilines is 1. The Morgan fingerprint density at radius 3 is 2.73 bits per heavy atom. The van der Waals surface area contributed by atoms with Crippen molar-refractivity contribution >= 4 is 21.6 Å². The Kier molecular flexibility index (Phi) is 5.09. The molecule has 0 aromatic carbocycles. The monoisotopic (exact) mass is 270 g/mol. The fourth-order valence-corrected chi connectivity index (χ4v) is 1.93. The van der Waals surface area contributed by atoms with E-state index in [0.29, 0.717) is 6.04 Å². The molecule has 1 aromatic rings. The molecule has 1 aromatic heterocycles. The minimum Gasteiger partial charge on any atom is -0.369 e. The first-order valence-corrected chi connectivity index (χ1v) is 6.52. The highest BCUT2D eigenvalue weighted by atomic mass is 79.9. The van der Waals surface area contributed by atoms with Gasteiger partial charge in [-0.15, -0.1) is 0 Å². The van der Waals surface area contributed by atoms with E-state index in [9.17, 15) is 0 Å². The Labute approximate surface area is 101 Å². The number of hydrogen-bond acceptors (Lipinski definition) is 2. The maximum Gasteiger partial charge on any atom is 0.0429 e. The minimum atomic E-state index is 0.533. The topological polar surface area (TPSA) is 16.1 Å². The van der Waals surface area contributed by atoms with Crippen molar-refractivity contribution in [2.75, 3.05) is 16.8 Å². The smallest absolute Gasteiger partial charge is 0.0429 e. The predicted octanol–water partition coefficient (Wildman–Crippen LogP) is 3.39. The van der Waals surface area contributed by atoms with E-state index in [4.69, 9.17) is 0 Å². The van der Waals surface area contributed by atoms with Gasteiger partial charge in [-0.3, -0.25) is 4.98 Å². The lowest BCUT2D eigenvalue weighted by Gasteiger charge is -2.30. The average Bonchev–Trinajstić information content (AvgIpc) is 2.20. The Morgan fingerprint density at radius 1 is 1.47 bits per heavy atom. The van der Waals surface area contributed by atoms with Crippen molar-refractivity contribution in [3.8, 4) is 0 Å². The zero-order valence-corrected chi connectivity index (χ0v) is 11.3. The van der Waals surface area contributed by atoms with Gasteiger partial charge >= 0.3 is 0 Å². The van der Waals surface area contributed by atoms with Crippen LogP contribution in [-0.2, 0) is 0 Å². The summed E-state index contributed by atoms with van der Waals surface area (Å²) in [5, 5.41) is 1.06. The van der Waals surface area contributed by atoms with Crippen LogP contribution in [-0.4, -0.2) is 22.9 Å². The molecule has 0 fully saturated rings. The van der Waals surface area contributed by atoms with Gasteiger partial charge in [-0.2, -0.15) is 0 Å². The van der Waals surface area contributed by atoms with Gasteiger partial charge in [0.05, 0.1) is 0 Å². The standard InChI is InChI=1S/C12H19BrN2/c1-10(2)15(8-4-6-13)12-5-7-14-9-11(12)3/h5,7,9-10H,4,6,8H2,1-3H3. The van der Waals surface area contributed by atoms with E-state index in [2.05, 4.69) is 52.7 Å². The van der Waals surface area contributed by atoms with Crippen molar-refractivity contribution in [3.63, 3.8) is 0 Å². The van der Waals surface area contributed by atoms with Crippen LogP contribution in [0.4, 0.5) is 5.69 Å². The summed E-state index contributed by atoms with van der Waals surface area (Å²) in [5.74, 6) is 0. The van der Waals surface area contributed by atoms with E-state index < -0.39 is 0 Å². The van der Waals surface area contributed by atoms with Gasteiger partial charge in [0, 0.05) is 36.0 Å². The van der Waals surface area contributed by atoms with Crippen LogP contribution < -0.4 is 4.90 Å². The van der Waals surface area contributed by atoms with Crippen LogP contribution in [0, 0.1) is 6.92 Å². The van der Waals surface area contributed by atoms with Crippen LogP contribution >= 0.6 is 15.9 Å². The summed E-state index contributed by atoms with van der Waals surface area (Å²) in [4.78, 5) is 6.56. The fourth-order valence-electron chi connectivity index (χ4n) is 1.68. The summed E-state index contributed by atoms with van der Waals surface area (Å²) in [7, 11) is 0. The molecule has 0 saturated carbocycles. The van der Waals surface area contributed by atoms with Crippen LogP contribution in [0.2, 0.25) is 0 Å². The Balaban J connectivity index is 2.84. The van der Waals surface area contributed by atoms with E-state index in [1.165, 1.54) is 17.7 Å². The molecular formula is C12H19BrN2.